The minimum atomic E-state index is -0.358. The second-order valence-corrected chi connectivity index (χ2v) is 6.03. The van der Waals surface area contributed by atoms with E-state index in [0.29, 0.717) is 11.7 Å². The second kappa shape index (κ2) is 5.96. The van der Waals surface area contributed by atoms with E-state index in [9.17, 15) is 4.79 Å². The van der Waals surface area contributed by atoms with Gasteiger partial charge in [-0.25, -0.2) is 0 Å². The molecule has 3 saturated heterocycles. The highest BCUT2D eigenvalue weighted by Crippen LogP contribution is 2.31. The lowest BCUT2D eigenvalue weighted by Gasteiger charge is -2.40. The van der Waals surface area contributed by atoms with Crippen molar-refractivity contribution in [3.05, 3.63) is 48.0 Å². The highest BCUT2D eigenvalue weighted by atomic mass is 16.5. The van der Waals surface area contributed by atoms with Gasteiger partial charge in [-0.1, -0.05) is 35.5 Å². The summed E-state index contributed by atoms with van der Waals surface area (Å²) < 4.78 is 5.07. The van der Waals surface area contributed by atoms with Crippen molar-refractivity contribution in [2.45, 2.75) is 12.8 Å². The number of nitrogens with one attached hydrogen (secondary N) is 1. The van der Waals surface area contributed by atoms with E-state index in [1.165, 1.54) is 31.5 Å². The lowest BCUT2D eigenvalue weighted by molar-refractivity contribution is 0.0924. The van der Waals surface area contributed by atoms with E-state index in [1.807, 2.05) is 36.5 Å². The molecule has 4 heterocycles. The number of aromatic nitrogens is 2. The molecule has 2 aromatic rings. The van der Waals surface area contributed by atoms with Crippen molar-refractivity contribution in [3.8, 4) is 11.4 Å². The maximum Gasteiger partial charge on any atom is 0.316 e. The summed E-state index contributed by atoms with van der Waals surface area (Å²) in [6, 6.07) is 9.45. The Bertz CT molecular complexity index is 730. The molecular formula is C17H18N4O2. The molecule has 3 aliphatic rings. The monoisotopic (exact) mass is 310 g/mol. The molecule has 1 amide bonds. The Balaban J connectivity index is 1.45. The van der Waals surface area contributed by atoms with E-state index >= 15 is 0 Å². The van der Waals surface area contributed by atoms with Gasteiger partial charge in [-0.2, -0.15) is 4.98 Å². The van der Waals surface area contributed by atoms with E-state index < -0.39 is 0 Å². The zero-order valence-corrected chi connectivity index (χ0v) is 12.7. The van der Waals surface area contributed by atoms with Crippen molar-refractivity contribution in [1.29, 1.82) is 0 Å². The van der Waals surface area contributed by atoms with Crippen molar-refractivity contribution in [1.82, 2.24) is 20.4 Å². The number of carbonyl (C=O) groups is 1. The first-order chi connectivity index (χ1) is 11.3. The largest absolute Gasteiger partial charge is 0.328 e. The summed E-state index contributed by atoms with van der Waals surface area (Å²) in [7, 11) is 0. The quantitative estimate of drug-likeness (QED) is 0.940. The van der Waals surface area contributed by atoms with Gasteiger partial charge in [0.25, 0.3) is 0 Å². The molecule has 0 atom stereocenters. The lowest BCUT2D eigenvalue weighted by Crippen LogP contribution is -2.43. The summed E-state index contributed by atoms with van der Waals surface area (Å²) in [6.07, 6.45) is 4.19. The van der Waals surface area contributed by atoms with Gasteiger partial charge in [-0.15, -0.1) is 0 Å². The fourth-order valence-corrected chi connectivity index (χ4v) is 3.25. The Labute approximate surface area is 134 Å². The Hall–Kier alpha value is -2.47. The summed E-state index contributed by atoms with van der Waals surface area (Å²) in [5.74, 6) is 0.653. The van der Waals surface area contributed by atoms with Gasteiger partial charge in [-0.3, -0.25) is 9.69 Å². The number of carbonyl (C=O) groups excluding carboxylic acids is 1. The first-order valence-electron chi connectivity index (χ1n) is 7.91. The van der Waals surface area contributed by atoms with Gasteiger partial charge in [0, 0.05) is 18.3 Å². The van der Waals surface area contributed by atoms with Crippen LogP contribution in [-0.2, 0) is 0 Å². The summed E-state index contributed by atoms with van der Waals surface area (Å²) in [5.41, 5.74) is 2.12. The molecule has 5 rings (SSSR count). The highest BCUT2D eigenvalue weighted by Gasteiger charge is 2.29. The molecule has 0 radical (unpaired) electrons. The minimum absolute atomic E-state index is 0.0121. The number of fused-ring (bicyclic) bond motifs is 3. The second-order valence-electron chi connectivity index (χ2n) is 6.03. The minimum Gasteiger partial charge on any atom is -0.328 e. The third-order valence-corrected chi connectivity index (χ3v) is 4.56. The topological polar surface area (TPSA) is 71.3 Å². The van der Waals surface area contributed by atoms with E-state index in [0.717, 1.165) is 12.1 Å². The zero-order valence-electron chi connectivity index (χ0n) is 12.7. The van der Waals surface area contributed by atoms with Crippen molar-refractivity contribution in [3.63, 3.8) is 0 Å². The fraction of sp³-hybridized carbons (Fsp3) is 0.353. The average Bonchev–Trinajstić information content (AvgIpc) is 3.12. The van der Waals surface area contributed by atoms with Crippen LogP contribution < -0.4 is 5.32 Å². The molecular weight excluding hydrogens is 292 g/mol. The summed E-state index contributed by atoms with van der Waals surface area (Å²) in [5, 5.41) is 6.66. The van der Waals surface area contributed by atoms with Crippen LogP contribution in [0.3, 0.4) is 0 Å². The standard InChI is InChI=1S/C17H18N4O2/c22-16(18-10-14-11-21-8-6-12(14)7-9-21)17-19-15(20-23-17)13-4-2-1-3-5-13/h1-5,10,12H,6-9,11H2,(H,18,22)/b14-10+. The van der Waals surface area contributed by atoms with E-state index in [1.54, 1.807) is 0 Å². The Morgan fingerprint density at radius 2 is 2.04 bits per heavy atom. The molecule has 1 aromatic heterocycles. The van der Waals surface area contributed by atoms with Gasteiger partial charge in [0.2, 0.25) is 5.82 Å². The van der Waals surface area contributed by atoms with Crippen LogP contribution in [0.25, 0.3) is 11.4 Å². The molecule has 23 heavy (non-hydrogen) atoms. The van der Waals surface area contributed by atoms with Crippen molar-refractivity contribution in [2.24, 2.45) is 5.92 Å². The van der Waals surface area contributed by atoms with Gasteiger partial charge in [-0.05, 0) is 37.4 Å². The highest BCUT2D eigenvalue weighted by molar-refractivity contribution is 5.90. The van der Waals surface area contributed by atoms with Crippen LogP contribution >= 0.6 is 0 Å². The number of amides is 1. The lowest BCUT2D eigenvalue weighted by atomic mass is 9.84. The fourth-order valence-electron chi connectivity index (χ4n) is 3.25. The summed E-state index contributed by atoms with van der Waals surface area (Å²) in [6.45, 7) is 3.28. The Kier molecular flexibility index (Phi) is 3.67. The normalized spacial score (nSPS) is 24.8. The SMILES string of the molecule is O=C(N/C=C1\CN2CCC1CC2)c1nc(-c2ccccc2)no1. The number of hydrogen-bond donors (Lipinski definition) is 1. The molecule has 1 aromatic carbocycles. The molecule has 0 saturated carbocycles. The van der Waals surface area contributed by atoms with Crippen LogP contribution in [0, 0.1) is 5.92 Å². The van der Waals surface area contributed by atoms with Crippen LogP contribution in [0.15, 0.2) is 46.6 Å². The maximum absolute atomic E-state index is 12.2. The molecule has 6 nitrogen and oxygen atoms in total. The molecule has 1 N–H and O–H groups in total. The molecule has 6 heteroatoms. The molecule has 0 aliphatic carbocycles. The van der Waals surface area contributed by atoms with Crippen molar-refractivity contribution < 1.29 is 9.32 Å². The first-order valence-corrected chi connectivity index (χ1v) is 7.91. The van der Waals surface area contributed by atoms with Gasteiger partial charge >= 0.3 is 11.8 Å². The van der Waals surface area contributed by atoms with Crippen LogP contribution in [0.1, 0.15) is 23.5 Å². The summed E-state index contributed by atoms with van der Waals surface area (Å²) in [4.78, 5) is 18.8. The Morgan fingerprint density at radius 1 is 1.26 bits per heavy atom. The third kappa shape index (κ3) is 2.90. The zero-order chi connectivity index (χ0) is 15.6. The van der Waals surface area contributed by atoms with Gasteiger partial charge in [0.15, 0.2) is 0 Å². The molecule has 118 valence electrons. The average molecular weight is 310 g/mol. The molecule has 3 fully saturated rings. The smallest absolute Gasteiger partial charge is 0.316 e. The van der Waals surface area contributed by atoms with Crippen LogP contribution in [-0.4, -0.2) is 40.6 Å². The van der Waals surface area contributed by atoms with Crippen LogP contribution in [0.5, 0.6) is 0 Å². The number of nitrogens with zero attached hydrogens (tertiary/aromatic N) is 3. The molecule has 3 aliphatic heterocycles. The van der Waals surface area contributed by atoms with Crippen LogP contribution in [0.4, 0.5) is 0 Å². The number of piperidine rings is 3. The van der Waals surface area contributed by atoms with Crippen molar-refractivity contribution >= 4 is 5.91 Å². The van der Waals surface area contributed by atoms with E-state index in [2.05, 4.69) is 20.4 Å². The molecule has 0 spiro atoms. The van der Waals surface area contributed by atoms with Crippen molar-refractivity contribution in [2.75, 3.05) is 19.6 Å². The third-order valence-electron chi connectivity index (χ3n) is 4.56. The van der Waals surface area contributed by atoms with E-state index in [4.69, 9.17) is 4.52 Å². The molecule has 0 unspecified atom stereocenters. The van der Waals surface area contributed by atoms with Gasteiger partial charge in [0.05, 0.1) is 0 Å². The molecule has 2 bridgehead atoms. The van der Waals surface area contributed by atoms with Crippen LogP contribution in [0.2, 0.25) is 0 Å². The number of benzene rings is 1. The predicted octanol–water partition coefficient (Wildman–Crippen LogP) is 2.08. The van der Waals surface area contributed by atoms with Gasteiger partial charge < -0.3 is 9.84 Å². The first kappa shape index (κ1) is 14.1. The van der Waals surface area contributed by atoms with Gasteiger partial charge in [0.1, 0.15) is 0 Å². The number of rotatable bonds is 3. The predicted molar refractivity (Wildman–Crippen MR) is 84.4 cm³/mol. The van der Waals surface area contributed by atoms with E-state index in [-0.39, 0.29) is 11.8 Å². The number of hydrogen-bond acceptors (Lipinski definition) is 5. The summed E-state index contributed by atoms with van der Waals surface area (Å²) >= 11 is 0. The maximum atomic E-state index is 12.2. The Morgan fingerprint density at radius 3 is 2.74 bits per heavy atom.